The first kappa shape index (κ1) is 18.4. The van der Waals surface area contributed by atoms with Crippen LogP contribution in [0.4, 0.5) is 0 Å². The van der Waals surface area contributed by atoms with Crippen molar-refractivity contribution in [1.82, 2.24) is 0 Å². The van der Waals surface area contributed by atoms with Crippen LogP contribution in [-0.4, -0.2) is 30.1 Å². The maximum Gasteiger partial charge on any atom is 0.302 e. The highest BCUT2D eigenvalue weighted by molar-refractivity contribution is 6.30. The number of benzene rings is 1. The number of allylic oxidation sites excluding steroid dienone is 2. The van der Waals surface area contributed by atoms with Crippen LogP contribution in [0.3, 0.4) is 0 Å². The predicted octanol–water partition coefficient (Wildman–Crippen LogP) is 3.43. The minimum atomic E-state index is -0.320. The van der Waals surface area contributed by atoms with Gasteiger partial charge in [-0.1, -0.05) is 36.7 Å². The summed E-state index contributed by atoms with van der Waals surface area (Å²) >= 11 is 6.13. The highest BCUT2D eigenvalue weighted by Crippen LogP contribution is 2.33. The van der Waals surface area contributed by atoms with Crippen molar-refractivity contribution in [3.63, 3.8) is 0 Å². The average molecular weight is 349 g/mol. The van der Waals surface area contributed by atoms with E-state index in [0.29, 0.717) is 34.6 Å². The fraction of sp³-hybridized carbons (Fsp3) is 0.368. The molecule has 5 heteroatoms. The molecule has 0 aliphatic heterocycles. The van der Waals surface area contributed by atoms with Crippen molar-refractivity contribution in [2.24, 2.45) is 5.92 Å². The summed E-state index contributed by atoms with van der Waals surface area (Å²) in [6.07, 6.45) is 2.75. The second-order valence-corrected chi connectivity index (χ2v) is 6.35. The van der Waals surface area contributed by atoms with Gasteiger partial charge < -0.3 is 9.84 Å². The fourth-order valence-corrected chi connectivity index (χ4v) is 2.87. The lowest BCUT2D eigenvalue weighted by Crippen LogP contribution is -2.15. The maximum absolute atomic E-state index is 12.8. The van der Waals surface area contributed by atoms with E-state index in [2.05, 4.69) is 0 Å². The molecular weight excluding hydrogens is 328 g/mol. The molecule has 1 aliphatic carbocycles. The molecule has 24 heavy (non-hydrogen) atoms. The number of aliphatic hydroxyl groups excluding tert-OH is 1. The molecule has 0 saturated carbocycles. The maximum atomic E-state index is 12.8. The predicted molar refractivity (Wildman–Crippen MR) is 92.9 cm³/mol. The molecule has 4 nitrogen and oxygen atoms in total. The van der Waals surface area contributed by atoms with Crippen molar-refractivity contribution in [1.29, 1.82) is 0 Å². The van der Waals surface area contributed by atoms with Crippen LogP contribution in [0.15, 0.2) is 46.5 Å². The van der Waals surface area contributed by atoms with Gasteiger partial charge in [0.2, 0.25) is 0 Å². The Morgan fingerprint density at radius 1 is 1.38 bits per heavy atom. The first-order chi connectivity index (χ1) is 11.4. The normalized spacial score (nSPS) is 17.5. The lowest BCUT2D eigenvalue weighted by Gasteiger charge is -2.21. The third-order valence-electron chi connectivity index (χ3n) is 4.01. The molecule has 0 fully saturated rings. The van der Waals surface area contributed by atoms with Gasteiger partial charge in [-0.2, -0.15) is 0 Å². The summed E-state index contributed by atoms with van der Waals surface area (Å²) in [4.78, 5) is 23.6. The molecule has 1 atom stereocenters. The standard InChI is InChI=1S/C19H21ClO4/c1-12-8-17(16(11-21)10-18(12)20)19(23)15-5-3-4-14(9-15)6-7-24-13(2)22/h3-5,9-10,12,21H,6-8,11H2,1-2H3. The molecule has 0 bridgehead atoms. The topological polar surface area (TPSA) is 63.6 Å². The van der Waals surface area contributed by atoms with E-state index in [9.17, 15) is 14.7 Å². The highest BCUT2D eigenvalue weighted by Gasteiger charge is 2.24. The zero-order valence-corrected chi connectivity index (χ0v) is 14.6. The van der Waals surface area contributed by atoms with Crippen LogP contribution in [0.25, 0.3) is 0 Å². The van der Waals surface area contributed by atoms with E-state index in [-0.39, 0.29) is 30.9 Å². The quantitative estimate of drug-likeness (QED) is 0.632. The van der Waals surface area contributed by atoms with Crippen molar-refractivity contribution < 1.29 is 19.4 Å². The second kappa shape index (κ2) is 8.27. The first-order valence-electron chi connectivity index (χ1n) is 7.89. The lowest BCUT2D eigenvalue weighted by atomic mass is 9.86. The summed E-state index contributed by atoms with van der Waals surface area (Å²) in [5.74, 6) is -0.353. The van der Waals surface area contributed by atoms with Crippen LogP contribution < -0.4 is 0 Å². The number of hydrogen-bond acceptors (Lipinski definition) is 4. The summed E-state index contributed by atoms with van der Waals surface area (Å²) in [6, 6.07) is 7.26. The van der Waals surface area contributed by atoms with Crippen molar-refractivity contribution in [3.05, 3.63) is 57.6 Å². The zero-order valence-electron chi connectivity index (χ0n) is 13.8. The monoisotopic (exact) mass is 348 g/mol. The number of aliphatic hydroxyl groups is 1. The van der Waals surface area contributed by atoms with Crippen LogP contribution in [0, 0.1) is 5.92 Å². The number of ketones is 1. The van der Waals surface area contributed by atoms with E-state index in [1.807, 2.05) is 19.1 Å². The van der Waals surface area contributed by atoms with Gasteiger partial charge in [-0.15, -0.1) is 0 Å². The van der Waals surface area contributed by atoms with Gasteiger partial charge in [0.05, 0.1) is 13.2 Å². The average Bonchev–Trinajstić information content (AvgIpc) is 2.56. The molecule has 1 aromatic carbocycles. The number of carbonyl (C=O) groups excluding carboxylic acids is 2. The Balaban J connectivity index is 2.21. The Kier molecular flexibility index (Phi) is 6.35. The van der Waals surface area contributed by atoms with Crippen LogP contribution >= 0.6 is 11.6 Å². The molecule has 1 aromatic rings. The third kappa shape index (κ3) is 4.56. The van der Waals surface area contributed by atoms with E-state index in [0.717, 1.165) is 5.56 Å². The van der Waals surface area contributed by atoms with Gasteiger partial charge in [0.15, 0.2) is 5.78 Å². The van der Waals surface area contributed by atoms with Gasteiger partial charge in [-0.25, -0.2) is 0 Å². The first-order valence-corrected chi connectivity index (χ1v) is 8.27. The lowest BCUT2D eigenvalue weighted by molar-refractivity contribution is -0.140. The van der Waals surface area contributed by atoms with Crippen molar-refractivity contribution in [2.75, 3.05) is 13.2 Å². The largest absolute Gasteiger partial charge is 0.466 e. The highest BCUT2D eigenvalue weighted by atomic mass is 35.5. The minimum absolute atomic E-state index is 0.0630. The van der Waals surface area contributed by atoms with E-state index in [1.54, 1.807) is 18.2 Å². The molecule has 0 heterocycles. The molecule has 0 aromatic heterocycles. The summed E-state index contributed by atoms with van der Waals surface area (Å²) in [7, 11) is 0. The molecule has 0 saturated heterocycles. The Morgan fingerprint density at radius 2 is 2.12 bits per heavy atom. The summed E-state index contributed by atoms with van der Waals surface area (Å²) in [6.45, 7) is 3.39. The second-order valence-electron chi connectivity index (χ2n) is 5.92. The van der Waals surface area contributed by atoms with Gasteiger partial charge in [-0.3, -0.25) is 9.59 Å². The van der Waals surface area contributed by atoms with Crippen LogP contribution in [-0.2, 0) is 16.0 Å². The zero-order chi connectivity index (χ0) is 17.7. The number of halogens is 1. The number of ether oxygens (including phenoxy) is 1. The van der Waals surface area contributed by atoms with Crippen LogP contribution in [0.5, 0.6) is 0 Å². The molecule has 0 radical (unpaired) electrons. The molecule has 2 rings (SSSR count). The molecule has 128 valence electrons. The van der Waals surface area contributed by atoms with E-state index >= 15 is 0 Å². The van der Waals surface area contributed by atoms with E-state index in [4.69, 9.17) is 16.3 Å². The molecule has 1 N–H and O–H groups in total. The Labute approximate surface area is 146 Å². The van der Waals surface area contributed by atoms with Gasteiger partial charge in [-0.05, 0) is 35.6 Å². The molecule has 0 spiro atoms. The number of Topliss-reactive ketones (excluding diaryl/α,β-unsaturated/α-hetero) is 1. The van der Waals surface area contributed by atoms with Gasteiger partial charge in [0.1, 0.15) is 0 Å². The summed E-state index contributed by atoms with van der Waals surface area (Å²) in [5, 5.41) is 10.2. The van der Waals surface area contributed by atoms with E-state index in [1.165, 1.54) is 6.92 Å². The van der Waals surface area contributed by atoms with Gasteiger partial charge >= 0.3 is 5.97 Å². The Bertz CT molecular complexity index is 703. The van der Waals surface area contributed by atoms with Crippen LogP contribution in [0.1, 0.15) is 36.2 Å². The van der Waals surface area contributed by atoms with Crippen molar-refractivity contribution in [2.45, 2.75) is 26.7 Å². The fourth-order valence-electron chi connectivity index (χ4n) is 2.67. The van der Waals surface area contributed by atoms with E-state index < -0.39 is 0 Å². The third-order valence-corrected chi connectivity index (χ3v) is 4.49. The summed E-state index contributed by atoms with van der Waals surface area (Å²) in [5.41, 5.74) is 2.67. The smallest absolute Gasteiger partial charge is 0.302 e. The Morgan fingerprint density at radius 3 is 2.79 bits per heavy atom. The number of rotatable bonds is 6. The SMILES string of the molecule is CC(=O)OCCc1cccc(C(=O)C2=C(CO)C=C(Cl)C(C)C2)c1. The minimum Gasteiger partial charge on any atom is -0.466 e. The summed E-state index contributed by atoms with van der Waals surface area (Å²) < 4.78 is 4.93. The number of esters is 1. The molecule has 1 aliphatic rings. The van der Waals surface area contributed by atoms with Gasteiger partial charge in [0, 0.05) is 29.5 Å². The molecule has 0 amide bonds. The number of hydrogen-bond donors (Lipinski definition) is 1. The van der Waals surface area contributed by atoms with Crippen molar-refractivity contribution >= 4 is 23.4 Å². The molecular formula is C19H21ClO4. The Hall–Kier alpha value is -1.91. The van der Waals surface area contributed by atoms with Crippen LogP contribution in [0.2, 0.25) is 0 Å². The van der Waals surface area contributed by atoms with Gasteiger partial charge in [0.25, 0.3) is 0 Å². The van der Waals surface area contributed by atoms with Crippen molar-refractivity contribution in [3.8, 4) is 0 Å². The molecule has 1 unspecified atom stereocenters. The number of carbonyl (C=O) groups is 2.